The van der Waals surface area contributed by atoms with Crippen LogP contribution in [-0.4, -0.2) is 11.7 Å². The lowest BCUT2D eigenvalue weighted by Gasteiger charge is -2.13. The third-order valence-corrected chi connectivity index (χ3v) is 2.86. The fraction of sp³-hybridized carbons (Fsp3) is 0.250. The maximum absolute atomic E-state index is 9.64. The van der Waals surface area contributed by atoms with Crippen LogP contribution in [0.15, 0.2) is 54.6 Å². The van der Waals surface area contributed by atoms with Crippen molar-refractivity contribution in [2.24, 2.45) is 0 Å². The van der Waals surface area contributed by atoms with E-state index in [9.17, 15) is 5.11 Å². The Hall–Kier alpha value is -1.80. The van der Waals surface area contributed by atoms with Crippen molar-refractivity contribution in [1.29, 1.82) is 0 Å². The Balaban J connectivity index is 1.94. The molecule has 0 fully saturated rings. The zero-order chi connectivity index (χ0) is 12.8. The van der Waals surface area contributed by atoms with Gasteiger partial charge in [-0.05, 0) is 18.6 Å². The van der Waals surface area contributed by atoms with E-state index in [1.165, 1.54) is 5.56 Å². The Morgan fingerprint density at radius 1 is 1.00 bits per heavy atom. The average Bonchev–Trinajstić information content (AvgIpc) is 2.40. The molecule has 0 saturated carbocycles. The molecule has 2 aromatic rings. The van der Waals surface area contributed by atoms with Gasteiger partial charge in [0.1, 0.15) is 5.75 Å². The molecule has 0 aliphatic rings. The van der Waals surface area contributed by atoms with E-state index in [1.807, 2.05) is 42.5 Å². The fourth-order valence-corrected chi connectivity index (χ4v) is 1.88. The Bertz CT molecular complexity index is 477. The van der Waals surface area contributed by atoms with Crippen LogP contribution in [0.25, 0.3) is 0 Å². The molecule has 2 aromatic carbocycles. The Morgan fingerprint density at radius 2 is 1.67 bits per heavy atom. The third kappa shape index (κ3) is 3.34. The van der Waals surface area contributed by atoms with E-state index in [0.29, 0.717) is 6.61 Å². The van der Waals surface area contributed by atoms with Gasteiger partial charge in [0.05, 0.1) is 12.7 Å². The minimum Gasteiger partial charge on any atom is -0.493 e. The van der Waals surface area contributed by atoms with Crippen molar-refractivity contribution < 1.29 is 9.84 Å². The number of aliphatic hydroxyl groups is 1. The van der Waals surface area contributed by atoms with E-state index in [2.05, 4.69) is 12.1 Å². The van der Waals surface area contributed by atoms with Gasteiger partial charge in [-0.3, -0.25) is 0 Å². The van der Waals surface area contributed by atoms with Gasteiger partial charge in [-0.25, -0.2) is 0 Å². The molecule has 2 nitrogen and oxygen atoms in total. The number of benzene rings is 2. The van der Waals surface area contributed by atoms with Crippen LogP contribution in [-0.2, 0) is 6.42 Å². The van der Waals surface area contributed by atoms with Crippen molar-refractivity contribution in [2.45, 2.75) is 19.4 Å². The molecule has 0 spiro atoms. The van der Waals surface area contributed by atoms with Gasteiger partial charge in [0.25, 0.3) is 0 Å². The van der Waals surface area contributed by atoms with Gasteiger partial charge < -0.3 is 9.84 Å². The van der Waals surface area contributed by atoms with Gasteiger partial charge in [-0.2, -0.15) is 0 Å². The second kappa shape index (κ2) is 6.22. The normalized spacial score (nSPS) is 12.1. The van der Waals surface area contributed by atoms with Crippen LogP contribution >= 0.6 is 0 Å². The molecule has 0 aliphatic heterocycles. The molecule has 0 saturated heterocycles. The molecule has 0 aromatic heterocycles. The Kier molecular flexibility index (Phi) is 4.37. The highest BCUT2D eigenvalue weighted by atomic mass is 16.5. The van der Waals surface area contributed by atoms with Gasteiger partial charge in [0.15, 0.2) is 0 Å². The molecule has 0 heterocycles. The summed E-state index contributed by atoms with van der Waals surface area (Å²) in [6.45, 7) is 2.37. The molecule has 0 amide bonds. The zero-order valence-electron chi connectivity index (χ0n) is 10.5. The van der Waals surface area contributed by atoms with Gasteiger partial charge in [-0.1, -0.05) is 48.5 Å². The summed E-state index contributed by atoms with van der Waals surface area (Å²) in [5.41, 5.74) is 2.09. The van der Waals surface area contributed by atoms with E-state index >= 15 is 0 Å². The molecule has 1 N–H and O–H groups in total. The predicted octanol–water partition coefficient (Wildman–Crippen LogP) is 3.36. The Morgan fingerprint density at radius 3 is 2.39 bits per heavy atom. The Labute approximate surface area is 108 Å². The quantitative estimate of drug-likeness (QED) is 0.871. The topological polar surface area (TPSA) is 29.5 Å². The van der Waals surface area contributed by atoms with E-state index < -0.39 is 6.10 Å². The largest absolute Gasteiger partial charge is 0.493 e. The van der Waals surface area contributed by atoms with Gasteiger partial charge >= 0.3 is 0 Å². The van der Waals surface area contributed by atoms with Crippen LogP contribution in [0.4, 0.5) is 0 Å². The molecular formula is C16H18O2. The highest BCUT2D eigenvalue weighted by Gasteiger charge is 2.07. The second-order valence-electron chi connectivity index (χ2n) is 4.30. The molecule has 18 heavy (non-hydrogen) atoms. The minimum atomic E-state index is -0.502. The van der Waals surface area contributed by atoms with Gasteiger partial charge in [0, 0.05) is 12.0 Å². The van der Waals surface area contributed by atoms with Crippen LogP contribution in [0.5, 0.6) is 5.75 Å². The first-order valence-corrected chi connectivity index (χ1v) is 6.21. The number of rotatable bonds is 5. The number of para-hydroxylation sites is 1. The summed E-state index contributed by atoms with van der Waals surface area (Å²) in [5, 5.41) is 9.64. The lowest BCUT2D eigenvalue weighted by Crippen LogP contribution is -2.04. The number of hydrogen-bond donors (Lipinski definition) is 1. The molecule has 2 heteroatoms. The zero-order valence-corrected chi connectivity index (χ0v) is 10.5. The molecule has 1 unspecified atom stereocenters. The third-order valence-electron chi connectivity index (χ3n) is 2.86. The molecule has 0 aliphatic carbocycles. The summed E-state index contributed by atoms with van der Waals surface area (Å²) < 4.78 is 5.74. The molecule has 0 radical (unpaired) electrons. The summed E-state index contributed by atoms with van der Waals surface area (Å²) in [4.78, 5) is 0. The molecule has 94 valence electrons. The SMILES string of the molecule is CC(O)c1ccccc1OCCc1ccccc1. The van der Waals surface area contributed by atoms with Crippen molar-refractivity contribution in [2.75, 3.05) is 6.61 Å². The summed E-state index contributed by atoms with van der Waals surface area (Å²) in [7, 11) is 0. The average molecular weight is 242 g/mol. The van der Waals surface area contributed by atoms with Crippen molar-refractivity contribution in [3.8, 4) is 5.75 Å². The number of aliphatic hydroxyl groups excluding tert-OH is 1. The minimum absolute atomic E-state index is 0.502. The highest BCUT2D eigenvalue weighted by Crippen LogP contribution is 2.24. The molecule has 1 atom stereocenters. The van der Waals surface area contributed by atoms with Crippen LogP contribution in [0.2, 0.25) is 0 Å². The predicted molar refractivity (Wildman–Crippen MR) is 72.7 cm³/mol. The van der Waals surface area contributed by atoms with Crippen LogP contribution in [0.1, 0.15) is 24.2 Å². The number of hydrogen-bond acceptors (Lipinski definition) is 2. The highest BCUT2D eigenvalue weighted by molar-refractivity contribution is 5.34. The summed E-state index contributed by atoms with van der Waals surface area (Å²) in [6, 6.07) is 17.9. The van der Waals surface area contributed by atoms with Crippen molar-refractivity contribution >= 4 is 0 Å². The van der Waals surface area contributed by atoms with Crippen LogP contribution in [0.3, 0.4) is 0 Å². The van der Waals surface area contributed by atoms with Crippen molar-refractivity contribution in [1.82, 2.24) is 0 Å². The van der Waals surface area contributed by atoms with Crippen molar-refractivity contribution in [3.63, 3.8) is 0 Å². The molecular weight excluding hydrogens is 224 g/mol. The lowest BCUT2D eigenvalue weighted by atomic mass is 10.1. The standard InChI is InChI=1S/C16H18O2/c1-13(17)15-9-5-6-10-16(15)18-12-11-14-7-3-2-4-8-14/h2-10,13,17H,11-12H2,1H3. The summed E-state index contributed by atoms with van der Waals surface area (Å²) in [5.74, 6) is 0.767. The van der Waals surface area contributed by atoms with Gasteiger partial charge in [0.2, 0.25) is 0 Å². The van der Waals surface area contributed by atoms with E-state index in [4.69, 9.17) is 4.74 Å². The molecule has 2 rings (SSSR count). The monoisotopic (exact) mass is 242 g/mol. The van der Waals surface area contributed by atoms with E-state index in [1.54, 1.807) is 6.92 Å². The fourth-order valence-electron chi connectivity index (χ4n) is 1.88. The molecule has 0 bridgehead atoms. The first-order valence-electron chi connectivity index (χ1n) is 6.21. The first kappa shape index (κ1) is 12.7. The maximum atomic E-state index is 9.64. The first-order chi connectivity index (χ1) is 8.77. The van der Waals surface area contributed by atoms with Gasteiger partial charge in [-0.15, -0.1) is 0 Å². The summed E-state index contributed by atoms with van der Waals surface area (Å²) in [6.07, 6.45) is 0.368. The lowest BCUT2D eigenvalue weighted by molar-refractivity contribution is 0.191. The smallest absolute Gasteiger partial charge is 0.125 e. The van der Waals surface area contributed by atoms with Crippen molar-refractivity contribution in [3.05, 3.63) is 65.7 Å². The summed E-state index contributed by atoms with van der Waals surface area (Å²) >= 11 is 0. The number of ether oxygens (including phenoxy) is 1. The second-order valence-corrected chi connectivity index (χ2v) is 4.30. The van der Waals surface area contributed by atoms with Crippen LogP contribution in [0, 0.1) is 0 Å². The van der Waals surface area contributed by atoms with E-state index in [0.717, 1.165) is 17.7 Å². The maximum Gasteiger partial charge on any atom is 0.125 e. The van der Waals surface area contributed by atoms with E-state index in [-0.39, 0.29) is 0 Å². The van der Waals surface area contributed by atoms with Crippen LogP contribution < -0.4 is 4.74 Å².